The van der Waals surface area contributed by atoms with Crippen molar-refractivity contribution >= 4 is 23.0 Å². The first-order valence-electron chi connectivity index (χ1n) is 9.75. The molecule has 2 atom stereocenters. The minimum atomic E-state index is 0.0000170. The predicted molar refractivity (Wildman–Crippen MR) is 119 cm³/mol. The molecule has 1 N–H and O–H groups in total. The van der Waals surface area contributed by atoms with Crippen molar-refractivity contribution < 1.29 is 0 Å². The van der Waals surface area contributed by atoms with Crippen molar-refractivity contribution in [1.29, 1.82) is 0 Å². The molecular formula is C23H26N4S. The molecule has 1 fully saturated rings. The van der Waals surface area contributed by atoms with Gasteiger partial charge in [0.2, 0.25) is 0 Å². The van der Waals surface area contributed by atoms with Crippen molar-refractivity contribution in [3.63, 3.8) is 0 Å². The number of pyridine rings is 1. The summed E-state index contributed by atoms with van der Waals surface area (Å²) in [7, 11) is 0. The van der Waals surface area contributed by atoms with Crippen molar-refractivity contribution in [1.82, 2.24) is 14.9 Å². The Morgan fingerprint density at radius 1 is 1.07 bits per heavy atom. The van der Waals surface area contributed by atoms with Gasteiger partial charge in [-0.1, -0.05) is 18.2 Å². The van der Waals surface area contributed by atoms with Gasteiger partial charge in [-0.25, -0.2) is 0 Å². The average Bonchev–Trinajstić information content (AvgIpc) is 3.18. The van der Waals surface area contributed by atoms with Crippen molar-refractivity contribution in [3.8, 4) is 0 Å². The zero-order valence-corrected chi connectivity index (χ0v) is 17.6. The first-order valence-corrected chi connectivity index (χ1v) is 10.2. The van der Waals surface area contributed by atoms with Gasteiger partial charge in [0.25, 0.3) is 0 Å². The second kappa shape index (κ2) is 7.40. The third-order valence-corrected chi connectivity index (χ3v) is 5.94. The number of hydrogen-bond donors (Lipinski definition) is 1. The van der Waals surface area contributed by atoms with Gasteiger partial charge in [0.15, 0.2) is 5.11 Å². The van der Waals surface area contributed by atoms with Crippen molar-refractivity contribution in [2.24, 2.45) is 0 Å². The fraction of sp³-hybridized carbons (Fsp3) is 0.304. The van der Waals surface area contributed by atoms with Crippen molar-refractivity contribution in [3.05, 3.63) is 82.9 Å². The number of aromatic nitrogens is 2. The molecule has 0 amide bonds. The highest BCUT2D eigenvalue weighted by Gasteiger charge is 2.42. The van der Waals surface area contributed by atoms with E-state index in [1.165, 1.54) is 22.5 Å². The molecule has 144 valence electrons. The predicted octanol–water partition coefficient (Wildman–Crippen LogP) is 5.01. The topological polar surface area (TPSA) is 33.1 Å². The van der Waals surface area contributed by atoms with Crippen molar-refractivity contribution in [2.75, 3.05) is 4.90 Å². The number of nitrogens with one attached hydrogen (secondary N) is 1. The molecule has 0 saturated carbocycles. The summed E-state index contributed by atoms with van der Waals surface area (Å²) in [5, 5.41) is 4.29. The summed E-state index contributed by atoms with van der Waals surface area (Å²) < 4.78 is 2.36. The lowest BCUT2D eigenvalue weighted by Crippen LogP contribution is -2.29. The molecular weight excluding hydrogens is 364 g/mol. The minimum Gasteiger partial charge on any atom is -0.351 e. The van der Waals surface area contributed by atoms with Crippen LogP contribution in [0.15, 0.2) is 54.7 Å². The zero-order chi connectivity index (χ0) is 19.8. The Balaban J connectivity index is 1.89. The number of anilines is 1. The van der Waals surface area contributed by atoms with E-state index >= 15 is 0 Å². The Bertz CT molecular complexity index is 1010. The molecule has 3 aromatic rings. The summed E-state index contributed by atoms with van der Waals surface area (Å²) in [6.07, 6.45) is 1.85. The molecule has 0 aliphatic carbocycles. The molecule has 0 unspecified atom stereocenters. The Labute approximate surface area is 172 Å². The fourth-order valence-corrected chi connectivity index (χ4v) is 4.69. The first kappa shape index (κ1) is 18.7. The molecule has 4 rings (SSSR count). The zero-order valence-electron chi connectivity index (χ0n) is 16.8. The molecule has 1 aromatic carbocycles. The Morgan fingerprint density at radius 2 is 1.89 bits per heavy atom. The highest BCUT2D eigenvalue weighted by molar-refractivity contribution is 7.80. The third kappa shape index (κ3) is 3.10. The van der Waals surface area contributed by atoms with Gasteiger partial charge in [0.1, 0.15) is 0 Å². The third-order valence-electron chi connectivity index (χ3n) is 5.63. The van der Waals surface area contributed by atoms with E-state index in [-0.39, 0.29) is 12.1 Å². The number of aryl methyl sites for hydroxylation is 2. The van der Waals surface area contributed by atoms with E-state index in [1.54, 1.807) is 0 Å². The van der Waals surface area contributed by atoms with E-state index in [4.69, 9.17) is 12.2 Å². The summed E-state index contributed by atoms with van der Waals surface area (Å²) in [4.78, 5) is 6.89. The molecule has 2 aromatic heterocycles. The van der Waals surface area contributed by atoms with Crippen LogP contribution in [0.5, 0.6) is 0 Å². The second-order valence-electron chi connectivity index (χ2n) is 7.41. The first-order chi connectivity index (χ1) is 13.5. The second-order valence-corrected chi connectivity index (χ2v) is 7.79. The van der Waals surface area contributed by atoms with Gasteiger partial charge < -0.3 is 14.8 Å². The van der Waals surface area contributed by atoms with Crippen LogP contribution in [0, 0.1) is 20.8 Å². The molecule has 1 aliphatic rings. The van der Waals surface area contributed by atoms with Gasteiger partial charge >= 0.3 is 0 Å². The van der Waals surface area contributed by atoms with Gasteiger partial charge in [0.05, 0.1) is 17.8 Å². The van der Waals surface area contributed by atoms with Gasteiger partial charge in [-0.3, -0.25) is 4.98 Å². The summed E-state index contributed by atoms with van der Waals surface area (Å²) in [5.74, 6) is 0. The van der Waals surface area contributed by atoms with Crippen LogP contribution in [-0.4, -0.2) is 14.7 Å². The molecule has 0 radical (unpaired) electrons. The average molecular weight is 391 g/mol. The summed E-state index contributed by atoms with van der Waals surface area (Å²) in [6.45, 7) is 9.64. The normalized spacial score (nSPS) is 19.1. The quantitative estimate of drug-likeness (QED) is 0.635. The van der Waals surface area contributed by atoms with Crippen LogP contribution in [0.2, 0.25) is 0 Å². The molecule has 4 nitrogen and oxygen atoms in total. The number of thiocarbonyl (C=S) groups is 1. The van der Waals surface area contributed by atoms with Crippen molar-refractivity contribution in [2.45, 2.75) is 46.3 Å². The van der Waals surface area contributed by atoms with E-state index in [0.29, 0.717) is 0 Å². The van der Waals surface area contributed by atoms with Crippen LogP contribution in [0.4, 0.5) is 5.69 Å². The smallest absolute Gasteiger partial charge is 0.174 e. The number of benzene rings is 1. The lowest BCUT2D eigenvalue weighted by atomic mass is 9.96. The molecule has 1 saturated heterocycles. The highest BCUT2D eigenvalue weighted by atomic mass is 32.1. The maximum absolute atomic E-state index is 5.81. The van der Waals surface area contributed by atoms with E-state index in [9.17, 15) is 0 Å². The number of nitrogens with zero attached hydrogens (tertiary/aromatic N) is 3. The van der Waals surface area contributed by atoms with E-state index in [0.717, 1.165) is 23.0 Å². The van der Waals surface area contributed by atoms with Gasteiger partial charge in [-0.2, -0.15) is 0 Å². The molecule has 5 heteroatoms. The molecule has 28 heavy (non-hydrogen) atoms. The summed E-state index contributed by atoms with van der Waals surface area (Å²) in [6, 6.07) is 17.0. The molecule has 3 heterocycles. The maximum Gasteiger partial charge on any atom is 0.174 e. The van der Waals surface area contributed by atoms with Crippen LogP contribution < -0.4 is 10.2 Å². The fourth-order valence-electron chi connectivity index (χ4n) is 4.34. The lowest BCUT2D eigenvalue weighted by molar-refractivity contribution is 0.563. The minimum absolute atomic E-state index is 0.0000170. The van der Waals surface area contributed by atoms with Gasteiger partial charge in [-0.15, -0.1) is 0 Å². The Kier molecular flexibility index (Phi) is 4.94. The molecule has 0 spiro atoms. The van der Waals surface area contributed by atoms with E-state index in [2.05, 4.69) is 83.9 Å². The molecule has 0 bridgehead atoms. The van der Waals surface area contributed by atoms with Crippen LogP contribution in [0.1, 0.15) is 47.2 Å². The van der Waals surface area contributed by atoms with Crippen LogP contribution >= 0.6 is 12.2 Å². The highest BCUT2D eigenvalue weighted by Crippen LogP contribution is 2.43. The maximum atomic E-state index is 5.81. The van der Waals surface area contributed by atoms with E-state index in [1.807, 2.05) is 18.3 Å². The monoisotopic (exact) mass is 390 g/mol. The van der Waals surface area contributed by atoms with Gasteiger partial charge in [0, 0.05) is 29.8 Å². The number of hydrogen-bond acceptors (Lipinski definition) is 2. The number of rotatable bonds is 4. The lowest BCUT2D eigenvalue weighted by Gasteiger charge is -2.28. The van der Waals surface area contributed by atoms with E-state index < -0.39 is 0 Å². The largest absolute Gasteiger partial charge is 0.351 e. The summed E-state index contributed by atoms with van der Waals surface area (Å²) >= 11 is 5.81. The Morgan fingerprint density at radius 3 is 2.54 bits per heavy atom. The SMILES string of the molecule is CCn1c(C)cc([C@H]2[C@H](c3ccccn3)NC(=S)N2c2cccc(C)c2)c1C. The van der Waals surface area contributed by atoms with Gasteiger partial charge in [-0.05, 0) is 81.4 Å². The molecule has 1 aliphatic heterocycles. The standard InChI is InChI=1S/C23H26N4S/c1-5-26-16(3)14-19(17(26)4)22-21(20-11-6-7-12-24-20)25-23(28)27(22)18-10-8-9-15(2)13-18/h6-14,21-22H,5H2,1-4H3,(H,25,28)/t21-,22-/m0/s1. The Hall–Kier alpha value is -2.66. The van der Waals surface area contributed by atoms with Crippen LogP contribution in [0.25, 0.3) is 0 Å². The van der Waals surface area contributed by atoms with Crippen LogP contribution in [-0.2, 0) is 6.54 Å². The van der Waals surface area contributed by atoms with Crippen LogP contribution in [0.3, 0.4) is 0 Å². The summed E-state index contributed by atoms with van der Waals surface area (Å²) in [5.41, 5.74) is 7.20.